The fourth-order valence-electron chi connectivity index (χ4n) is 2.99. The van der Waals surface area contributed by atoms with Crippen molar-refractivity contribution in [2.24, 2.45) is 0 Å². The van der Waals surface area contributed by atoms with Crippen LogP contribution in [0.3, 0.4) is 0 Å². The zero-order valence-corrected chi connectivity index (χ0v) is 15.7. The van der Waals surface area contributed by atoms with E-state index in [-0.39, 0.29) is 17.9 Å². The van der Waals surface area contributed by atoms with Gasteiger partial charge in [-0.3, -0.25) is 4.79 Å². The van der Waals surface area contributed by atoms with E-state index in [2.05, 4.69) is 29.1 Å². The van der Waals surface area contributed by atoms with Crippen LogP contribution in [-0.4, -0.2) is 25.0 Å². The first kappa shape index (κ1) is 17.9. The molecule has 0 bridgehead atoms. The van der Waals surface area contributed by atoms with Gasteiger partial charge in [0.1, 0.15) is 17.7 Å². The number of nitrogens with zero attached hydrogens (tertiary/aromatic N) is 4. The smallest absolute Gasteiger partial charge is 0.243 e. The fourth-order valence-corrected chi connectivity index (χ4v) is 2.99. The van der Waals surface area contributed by atoms with Crippen molar-refractivity contribution in [2.45, 2.75) is 46.2 Å². The van der Waals surface area contributed by atoms with E-state index in [1.54, 1.807) is 12.4 Å². The van der Waals surface area contributed by atoms with Crippen LogP contribution in [0.5, 0.6) is 0 Å². The Bertz CT molecular complexity index is 876. The van der Waals surface area contributed by atoms with Crippen molar-refractivity contribution in [1.29, 1.82) is 0 Å². The molecule has 1 amide bonds. The first-order chi connectivity index (χ1) is 12.5. The summed E-state index contributed by atoms with van der Waals surface area (Å²) in [6.45, 7) is 8.52. The quantitative estimate of drug-likeness (QED) is 0.740. The lowest BCUT2D eigenvalue weighted by Crippen LogP contribution is -2.31. The number of hydrogen-bond acceptors (Lipinski definition) is 3. The minimum atomic E-state index is -0.289. The number of imidazole rings is 2. The highest BCUT2D eigenvalue weighted by Crippen LogP contribution is 2.17. The number of hydrogen-bond donors (Lipinski definition) is 1. The van der Waals surface area contributed by atoms with Crippen molar-refractivity contribution in [3.05, 3.63) is 66.3 Å². The third kappa shape index (κ3) is 3.69. The number of rotatable bonds is 6. The zero-order chi connectivity index (χ0) is 18.7. The molecule has 0 saturated carbocycles. The number of aryl methyl sites for hydroxylation is 1. The summed E-state index contributed by atoms with van der Waals surface area (Å²) in [5, 5.41) is 3.01. The standard InChI is InChI=1S/C20H25N5O/c1-14(2)19-22-10-11-24(19)15(3)20(26)23-13-17-5-7-18(8-6-17)25-12-9-21-16(25)4/h5-12,14-15H,13H2,1-4H3,(H,23,26). The third-order valence-corrected chi connectivity index (χ3v) is 4.52. The number of nitrogens with one attached hydrogen (secondary N) is 1. The van der Waals surface area contributed by atoms with Gasteiger partial charge in [0.05, 0.1) is 0 Å². The summed E-state index contributed by atoms with van der Waals surface area (Å²) in [4.78, 5) is 21.1. The molecule has 0 spiro atoms. The minimum Gasteiger partial charge on any atom is -0.350 e. The van der Waals surface area contributed by atoms with E-state index in [1.165, 1.54) is 0 Å². The lowest BCUT2D eigenvalue weighted by atomic mass is 10.1. The maximum Gasteiger partial charge on any atom is 0.243 e. The van der Waals surface area contributed by atoms with Crippen LogP contribution in [0.2, 0.25) is 0 Å². The normalized spacial score (nSPS) is 12.3. The number of benzene rings is 1. The van der Waals surface area contributed by atoms with Crippen molar-refractivity contribution in [3.63, 3.8) is 0 Å². The number of carbonyl (C=O) groups excluding carboxylic acids is 1. The summed E-state index contributed by atoms with van der Waals surface area (Å²) < 4.78 is 3.96. The highest BCUT2D eigenvalue weighted by Gasteiger charge is 2.18. The minimum absolute atomic E-state index is 0.0144. The highest BCUT2D eigenvalue weighted by molar-refractivity contribution is 5.80. The molecule has 26 heavy (non-hydrogen) atoms. The Kier molecular flexibility index (Phi) is 5.21. The van der Waals surface area contributed by atoms with Crippen LogP contribution >= 0.6 is 0 Å². The molecule has 6 nitrogen and oxygen atoms in total. The molecule has 1 aromatic carbocycles. The summed E-state index contributed by atoms with van der Waals surface area (Å²) in [5.41, 5.74) is 2.12. The first-order valence-corrected chi connectivity index (χ1v) is 8.87. The Morgan fingerprint density at radius 3 is 2.38 bits per heavy atom. The number of amides is 1. The van der Waals surface area contributed by atoms with Gasteiger partial charge < -0.3 is 14.5 Å². The van der Waals surface area contributed by atoms with Gasteiger partial charge in [0, 0.05) is 42.9 Å². The lowest BCUT2D eigenvalue weighted by molar-refractivity contribution is -0.124. The molecule has 1 N–H and O–H groups in total. The number of aromatic nitrogens is 4. The summed E-state index contributed by atoms with van der Waals surface area (Å²) in [7, 11) is 0. The Labute approximate surface area is 153 Å². The molecule has 1 unspecified atom stereocenters. The third-order valence-electron chi connectivity index (χ3n) is 4.52. The van der Waals surface area contributed by atoms with Crippen LogP contribution in [0.25, 0.3) is 5.69 Å². The molecule has 1 atom stereocenters. The Balaban J connectivity index is 1.62. The molecule has 2 heterocycles. The van der Waals surface area contributed by atoms with Gasteiger partial charge in [-0.15, -0.1) is 0 Å². The molecule has 0 saturated heterocycles. The number of carbonyl (C=O) groups is 1. The molecule has 136 valence electrons. The van der Waals surface area contributed by atoms with Crippen molar-refractivity contribution in [2.75, 3.05) is 0 Å². The summed E-state index contributed by atoms with van der Waals surface area (Å²) in [6, 6.07) is 7.83. The maximum atomic E-state index is 12.5. The van der Waals surface area contributed by atoms with Crippen LogP contribution in [0, 0.1) is 6.92 Å². The van der Waals surface area contributed by atoms with E-state index in [0.717, 1.165) is 22.9 Å². The molecule has 2 aromatic heterocycles. The highest BCUT2D eigenvalue weighted by atomic mass is 16.2. The van der Waals surface area contributed by atoms with Crippen molar-refractivity contribution < 1.29 is 4.79 Å². The summed E-state index contributed by atoms with van der Waals surface area (Å²) in [6.07, 6.45) is 7.33. The second-order valence-corrected chi connectivity index (χ2v) is 6.75. The first-order valence-electron chi connectivity index (χ1n) is 8.87. The van der Waals surface area contributed by atoms with Crippen molar-refractivity contribution in [1.82, 2.24) is 24.4 Å². The van der Waals surface area contributed by atoms with Gasteiger partial charge in [-0.1, -0.05) is 26.0 Å². The molecule has 0 aliphatic rings. The molecule has 0 radical (unpaired) electrons. The zero-order valence-electron chi connectivity index (χ0n) is 15.7. The van der Waals surface area contributed by atoms with Gasteiger partial charge in [0.2, 0.25) is 5.91 Å². The van der Waals surface area contributed by atoms with Gasteiger partial charge in [0.15, 0.2) is 0 Å². The van der Waals surface area contributed by atoms with Crippen LogP contribution in [0.15, 0.2) is 49.1 Å². The van der Waals surface area contributed by atoms with Gasteiger partial charge in [0.25, 0.3) is 0 Å². The summed E-state index contributed by atoms with van der Waals surface area (Å²) >= 11 is 0. The van der Waals surface area contributed by atoms with Crippen LogP contribution in [0.1, 0.15) is 49.9 Å². The van der Waals surface area contributed by atoms with Gasteiger partial charge in [-0.05, 0) is 31.5 Å². The molecular formula is C20H25N5O. The van der Waals surface area contributed by atoms with Crippen molar-refractivity contribution >= 4 is 5.91 Å². The van der Waals surface area contributed by atoms with Gasteiger partial charge >= 0.3 is 0 Å². The monoisotopic (exact) mass is 351 g/mol. The SMILES string of the molecule is Cc1nccn1-c1ccc(CNC(=O)C(C)n2ccnc2C(C)C)cc1. The molecule has 0 aliphatic heterocycles. The average Bonchev–Trinajstić information content (AvgIpc) is 3.28. The predicted octanol–water partition coefficient (Wildman–Crippen LogP) is 3.38. The van der Waals surface area contributed by atoms with E-state index in [1.807, 2.05) is 59.6 Å². The Morgan fingerprint density at radius 2 is 1.77 bits per heavy atom. The lowest BCUT2D eigenvalue weighted by Gasteiger charge is -2.18. The second kappa shape index (κ2) is 7.56. The Morgan fingerprint density at radius 1 is 1.08 bits per heavy atom. The predicted molar refractivity (Wildman–Crippen MR) is 101 cm³/mol. The van der Waals surface area contributed by atoms with E-state index < -0.39 is 0 Å². The van der Waals surface area contributed by atoms with Gasteiger partial charge in [-0.25, -0.2) is 9.97 Å². The second-order valence-electron chi connectivity index (χ2n) is 6.75. The molecule has 3 rings (SSSR count). The van der Waals surface area contributed by atoms with E-state index in [9.17, 15) is 4.79 Å². The van der Waals surface area contributed by atoms with E-state index in [4.69, 9.17) is 0 Å². The molecular weight excluding hydrogens is 326 g/mol. The summed E-state index contributed by atoms with van der Waals surface area (Å²) in [5.74, 6) is 2.13. The average molecular weight is 351 g/mol. The van der Waals surface area contributed by atoms with Crippen LogP contribution in [-0.2, 0) is 11.3 Å². The van der Waals surface area contributed by atoms with Crippen LogP contribution < -0.4 is 5.32 Å². The molecule has 6 heteroatoms. The topological polar surface area (TPSA) is 64.7 Å². The van der Waals surface area contributed by atoms with Gasteiger partial charge in [-0.2, -0.15) is 0 Å². The maximum absolute atomic E-state index is 12.5. The van der Waals surface area contributed by atoms with Crippen molar-refractivity contribution in [3.8, 4) is 5.69 Å². The molecule has 0 fully saturated rings. The Hall–Kier alpha value is -2.89. The molecule has 3 aromatic rings. The molecule has 0 aliphatic carbocycles. The van der Waals surface area contributed by atoms with Crippen LogP contribution in [0.4, 0.5) is 0 Å². The van der Waals surface area contributed by atoms with E-state index in [0.29, 0.717) is 6.54 Å². The largest absolute Gasteiger partial charge is 0.350 e. The fraction of sp³-hybridized carbons (Fsp3) is 0.350. The van der Waals surface area contributed by atoms with E-state index >= 15 is 0 Å².